The molecule has 0 radical (unpaired) electrons. The predicted molar refractivity (Wildman–Crippen MR) is 109 cm³/mol. The minimum absolute atomic E-state index is 0.293. The van der Waals surface area contributed by atoms with E-state index in [1.807, 2.05) is 6.07 Å². The van der Waals surface area contributed by atoms with Crippen molar-refractivity contribution in [3.63, 3.8) is 0 Å². The number of ether oxygens (including phenoxy) is 1. The lowest BCUT2D eigenvalue weighted by Gasteiger charge is -2.27. The van der Waals surface area contributed by atoms with Crippen LogP contribution in [0.5, 0.6) is 5.75 Å². The Hall–Kier alpha value is -2.87. The Balaban J connectivity index is 1.53. The van der Waals surface area contributed by atoms with Crippen LogP contribution in [0.25, 0.3) is 21.5 Å². The molecule has 1 unspecified atom stereocenters. The van der Waals surface area contributed by atoms with Crippen LogP contribution in [0.1, 0.15) is 29.9 Å². The molecule has 1 aliphatic rings. The van der Waals surface area contributed by atoms with E-state index in [9.17, 15) is 4.39 Å². The molecule has 1 atom stereocenters. The molecular weight excluding hydrogens is 335 g/mol. The number of hydrogen-bond acceptors (Lipinski definition) is 1. The summed E-state index contributed by atoms with van der Waals surface area (Å²) < 4.78 is 19.7. The summed E-state index contributed by atoms with van der Waals surface area (Å²) in [6, 6.07) is 24.2. The Bertz CT molecular complexity index is 1130. The summed E-state index contributed by atoms with van der Waals surface area (Å²) in [6.07, 6.45) is 3.33. The number of halogens is 1. The highest BCUT2D eigenvalue weighted by Crippen LogP contribution is 2.38. The smallest absolute Gasteiger partial charge is 0.165 e. The van der Waals surface area contributed by atoms with E-state index < -0.39 is 0 Å². The van der Waals surface area contributed by atoms with Gasteiger partial charge in [0.05, 0.1) is 6.61 Å². The third kappa shape index (κ3) is 2.86. The molecule has 1 aliphatic carbocycles. The normalized spacial score (nSPS) is 16.4. The second-order valence-corrected chi connectivity index (χ2v) is 7.35. The third-order valence-electron chi connectivity index (χ3n) is 5.77. The van der Waals surface area contributed by atoms with Crippen LogP contribution in [-0.2, 0) is 6.42 Å². The van der Waals surface area contributed by atoms with Gasteiger partial charge in [-0.3, -0.25) is 0 Å². The molecule has 4 aromatic carbocycles. The molecule has 134 valence electrons. The van der Waals surface area contributed by atoms with Crippen molar-refractivity contribution < 1.29 is 9.13 Å². The summed E-state index contributed by atoms with van der Waals surface area (Å²) in [7, 11) is 0. The molecule has 0 aliphatic heterocycles. The number of rotatable bonds is 3. The van der Waals surface area contributed by atoms with Crippen molar-refractivity contribution in [3.05, 3.63) is 89.7 Å². The molecule has 2 heteroatoms. The molecule has 0 fully saturated rings. The van der Waals surface area contributed by atoms with Crippen LogP contribution in [0.3, 0.4) is 0 Å². The van der Waals surface area contributed by atoms with Crippen molar-refractivity contribution in [2.75, 3.05) is 6.61 Å². The van der Waals surface area contributed by atoms with Crippen LogP contribution in [0.4, 0.5) is 4.39 Å². The second-order valence-electron chi connectivity index (χ2n) is 7.35. The lowest BCUT2D eigenvalue weighted by atomic mass is 9.80. The van der Waals surface area contributed by atoms with Gasteiger partial charge in [0.2, 0.25) is 0 Å². The summed E-state index contributed by atoms with van der Waals surface area (Å²) in [5, 5.41) is 5.26. The quantitative estimate of drug-likeness (QED) is 0.374. The standard InChI is InChI=1S/C25H21FO/c26-24-10-3-4-11-25(24)27-16-18-7-5-9-21-20(18)14-15-22-19-8-2-1-6-17(19)12-13-23(21)22/h1-4,6,8,10-15,18H,5,7,9,16H2. The van der Waals surface area contributed by atoms with Crippen LogP contribution in [0.2, 0.25) is 0 Å². The number of para-hydroxylation sites is 1. The molecular formula is C25H21FO. The summed E-state index contributed by atoms with van der Waals surface area (Å²) in [6.45, 7) is 0.521. The van der Waals surface area contributed by atoms with Crippen LogP contribution in [-0.4, -0.2) is 6.61 Å². The van der Waals surface area contributed by atoms with Gasteiger partial charge in [-0.05, 0) is 64.1 Å². The predicted octanol–water partition coefficient (Wildman–Crippen LogP) is 6.63. The summed E-state index contributed by atoms with van der Waals surface area (Å²) in [5.74, 6) is 0.360. The van der Waals surface area contributed by atoms with Gasteiger partial charge in [-0.25, -0.2) is 4.39 Å². The zero-order valence-electron chi connectivity index (χ0n) is 15.1. The van der Waals surface area contributed by atoms with Gasteiger partial charge in [-0.1, -0.05) is 60.7 Å². The Labute approximate surface area is 158 Å². The van der Waals surface area contributed by atoms with Gasteiger partial charge in [-0.2, -0.15) is 0 Å². The maximum absolute atomic E-state index is 13.9. The molecule has 4 aromatic rings. The molecule has 0 saturated carbocycles. The van der Waals surface area contributed by atoms with Gasteiger partial charge >= 0.3 is 0 Å². The van der Waals surface area contributed by atoms with Crippen molar-refractivity contribution in [2.45, 2.75) is 25.2 Å². The lowest BCUT2D eigenvalue weighted by molar-refractivity contribution is 0.263. The van der Waals surface area contributed by atoms with E-state index in [0.717, 1.165) is 19.3 Å². The highest BCUT2D eigenvalue weighted by Gasteiger charge is 2.23. The molecule has 5 rings (SSSR count). The highest BCUT2D eigenvalue weighted by molar-refractivity contribution is 6.08. The van der Waals surface area contributed by atoms with Crippen molar-refractivity contribution >= 4 is 21.5 Å². The SMILES string of the molecule is Fc1ccccc1OCC1CCCc2c1ccc1c2ccc2ccccc21. The minimum atomic E-state index is -0.293. The third-order valence-corrected chi connectivity index (χ3v) is 5.77. The Morgan fingerprint density at radius 3 is 2.56 bits per heavy atom. The van der Waals surface area contributed by atoms with Crippen molar-refractivity contribution in [1.82, 2.24) is 0 Å². The largest absolute Gasteiger partial charge is 0.490 e. The number of fused-ring (bicyclic) bond motifs is 5. The molecule has 1 nitrogen and oxygen atoms in total. The first-order chi connectivity index (χ1) is 13.3. The molecule has 0 bridgehead atoms. The summed E-state index contributed by atoms with van der Waals surface area (Å²) in [5.41, 5.74) is 2.80. The van der Waals surface area contributed by atoms with Crippen molar-refractivity contribution in [3.8, 4) is 5.75 Å². The molecule has 0 heterocycles. The molecule has 0 N–H and O–H groups in total. The molecule has 0 saturated heterocycles. The van der Waals surface area contributed by atoms with Gasteiger partial charge < -0.3 is 4.74 Å². The first-order valence-corrected chi connectivity index (χ1v) is 9.62. The number of benzene rings is 4. The monoisotopic (exact) mass is 356 g/mol. The Morgan fingerprint density at radius 1 is 0.815 bits per heavy atom. The fourth-order valence-corrected chi connectivity index (χ4v) is 4.44. The van der Waals surface area contributed by atoms with Crippen LogP contribution >= 0.6 is 0 Å². The maximum Gasteiger partial charge on any atom is 0.165 e. The van der Waals surface area contributed by atoms with Crippen LogP contribution in [0.15, 0.2) is 72.8 Å². The van der Waals surface area contributed by atoms with Gasteiger partial charge in [0.15, 0.2) is 11.6 Å². The molecule has 0 aromatic heterocycles. The number of hydrogen-bond donors (Lipinski definition) is 0. The van der Waals surface area contributed by atoms with Gasteiger partial charge in [0, 0.05) is 5.92 Å². The number of aryl methyl sites for hydroxylation is 1. The van der Waals surface area contributed by atoms with E-state index in [2.05, 4.69) is 48.5 Å². The lowest BCUT2D eigenvalue weighted by Crippen LogP contribution is -2.17. The van der Waals surface area contributed by atoms with Gasteiger partial charge in [0.1, 0.15) is 0 Å². The summed E-state index contributed by atoms with van der Waals surface area (Å²) >= 11 is 0. The van der Waals surface area contributed by atoms with Crippen LogP contribution < -0.4 is 4.74 Å². The Kier molecular flexibility index (Phi) is 4.05. The van der Waals surface area contributed by atoms with E-state index >= 15 is 0 Å². The van der Waals surface area contributed by atoms with E-state index in [4.69, 9.17) is 4.74 Å². The maximum atomic E-state index is 13.9. The zero-order valence-corrected chi connectivity index (χ0v) is 15.1. The highest BCUT2D eigenvalue weighted by atomic mass is 19.1. The second kappa shape index (κ2) is 6.70. The fraction of sp³-hybridized carbons (Fsp3) is 0.200. The van der Waals surface area contributed by atoms with E-state index in [0.29, 0.717) is 18.3 Å². The van der Waals surface area contributed by atoms with Crippen molar-refractivity contribution in [1.29, 1.82) is 0 Å². The van der Waals surface area contributed by atoms with Crippen LogP contribution in [0, 0.1) is 5.82 Å². The first-order valence-electron chi connectivity index (χ1n) is 9.62. The fourth-order valence-electron chi connectivity index (χ4n) is 4.44. The molecule has 0 spiro atoms. The average Bonchev–Trinajstić information content (AvgIpc) is 2.72. The van der Waals surface area contributed by atoms with E-state index in [1.165, 1.54) is 38.7 Å². The topological polar surface area (TPSA) is 9.23 Å². The summed E-state index contributed by atoms with van der Waals surface area (Å²) in [4.78, 5) is 0. The molecule has 27 heavy (non-hydrogen) atoms. The van der Waals surface area contributed by atoms with E-state index in [1.54, 1.807) is 12.1 Å². The van der Waals surface area contributed by atoms with Gasteiger partial charge in [-0.15, -0.1) is 0 Å². The van der Waals surface area contributed by atoms with E-state index in [-0.39, 0.29) is 5.82 Å². The minimum Gasteiger partial charge on any atom is -0.490 e. The first kappa shape index (κ1) is 16.3. The van der Waals surface area contributed by atoms with Crippen molar-refractivity contribution in [2.24, 2.45) is 0 Å². The Morgan fingerprint density at radius 2 is 1.63 bits per heavy atom. The zero-order chi connectivity index (χ0) is 18.2. The average molecular weight is 356 g/mol. The molecule has 0 amide bonds. The van der Waals surface area contributed by atoms with Gasteiger partial charge in [0.25, 0.3) is 0 Å².